The predicted molar refractivity (Wildman–Crippen MR) is 60.6 cm³/mol. The molecule has 16 heavy (non-hydrogen) atoms. The van der Waals surface area contributed by atoms with Gasteiger partial charge in [0, 0.05) is 11.1 Å². The van der Waals surface area contributed by atoms with Crippen molar-refractivity contribution in [3.63, 3.8) is 0 Å². The fraction of sp³-hybridized carbons (Fsp3) is 0.0714. The average Bonchev–Trinajstić information content (AvgIpc) is 2.62. The molecule has 0 bridgehead atoms. The molecule has 0 fully saturated rings. The molecule has 77 valence electrons. The third-order valence-electron chi connectivity index (χ3n) is 3.07. The van der Waals surface area contributed by atoms with Crippen LogP contribution in [-0.4, -0.2) is 11.4 Å². The van der Waals surface area contributed by atoms with Crippen molar-refractivity contribution in [2.24, 2.45) is 0 Å². The maximum Gasteiger partial charge on any atom is 0.242 e. The van der Waals surface area contributed by atoms with E-state index in [9.17, 15) is 9.90 Å². The van der Waals surface area contributed by atoms with Crippen LogP contribution in [0.5, 0.6) is 0 Å². The minimum absolute atomic E-state index is 0.617. The van der Waals surface area contributed by atoms with Crippen molar-refractivity contribution in [3.8, 4) is 11.1 Å². The highest BCUT2D eigenvalue weighted by molar-refractivity contribution is 5.90. The van der Waals surface area contributed by atoms with Crippen LogP contribution in [0.3, 0.4) is 0 Å². The van der Waals surface area contributed by atoms with E-state index >= 15 is 0 Å². The van der Waals surface area contributed by atoms with Crippen molar-refractivity contribution in [2.45, 2.75) is 5.60 Å². The molecule has 1 N–H and O–H groups in total. The van der Waals surface area contributed by atoms with E-state index in [4.69, 9.17) is 0 Å². The van der Waals surface area contributed by atoms with Crippen LogP contribution < -0.4 is 0 Å². The highest BCUT2D eigenvalue weighted by Gasteiger charge is 2.41. The molecule has 2 aromatic carbocycles. The molecule has 0 aromatic heterocycles. The zero-order valence-electron chi connectivity index (χ0n) is 8.47. The van der Waals surface area contributed by atoms with Crippen LogP contribution in [0.2, 0.25) is 0 Å². The SMILES string of the molecule is O=[C]C1(O)c2ccccc2-c2ccccc21. The summed E-state index contributed by atoms with van der Waals surface area (Å²) in [5, 5.41) is 10.4. The lowest BCUT2D eigenvalue weighted by molar-refractivity contribution is 0.155. The van der Waals surface area contributed by atoms with Gasteiger partial charge in [0.15, 0.2) is 5.60 Å². The Morgan fingerprint density at radius 2 is 1.31 bits per heavy atom. The standard InChI is InChI=1S/C14H9O2/c15-9-14(16)12-7-3-1-5-10(12)11-6-2-4-8-13(11)14/h1-8,16H. The number of hydrogen-bond acceptors (Lipinski definition) is 2. The molecule has 2 nitrogen and oxygen atoms in total. The highest BCUT2D eigenvalue weighted by Crippen LogP contribution is 2.45. The average molecular weight is 209 g/mol. The summed E-state index contributed by atoms with van der Waals surface area (Å²) in [6.45, 7) is 0. The Morgan fingerprint density at radius 1 is 0.875 bits per heavy atom. The van der Waals surface area contributed by atoms with Gasteiger partial charge in [-0.2, -0.15) is 0 Å². The topological polar surface area (TPSA) is 37.3 Å². The number of rotatable bonds is 1. The van der Waals surface area contributed by atoms with Crippen molar-refractivity contribution in [3.05, 3.63) is 59.7 Å². The van der Waals surface area contributed by atoms with Gasteiger partial charge in [-0.25, -0.2) is 0 Å². The minimum atomic E-state index is -1.60. The van der Waals surface area contributed by atoms with Gasteiger partial charge in [-0.1, -0.05) is 48.5 Å². The van der Waals surface area contributed by atoms with Gasteiger partial charge in [0.1, 0.15) is 0 Å². The molecule has 2 heteroatoms. The van der Waals surface area contributed by atoms with Crippen molar-refractivity contribution in [1.82, 2.24) is 0 Å². The maximum absolute atomic E-state index is 11.1. The molecule has 3 rings (SSSR count). The first kappa shape index (κ1) is 9.31. The van der Waals surface area contributed by atoms with Crippen LogP contribution in [0.25, 0.3) is 11.1 Å². The van der Waals surface area contributed by atoms with E-state index in [0.29, 0.717) is 11.1 Å². The molecule has 0 heterocycles. The summed E-state index contributed by atoms with van der Waals surface area (Å²) in [7, 11) is 0. The Morgan fingerprint density at radius 3 is 1.75 bits per heavy atom. The summed E-state index contributed by atoms with van der Waals surface area (Å²) >= 11 is 0. The first-order valence-electron chi connectivity index (χ1n) is 5.08. The fourth-order valence-electron chi connectivity index (χ4n) is 2.32. The number of aliphatic hydroxyl groups is 1. The number of benzene rings is 2. The van der Waals surface area contributed by atoms with E-state index in [0.717, 1.165) is 11.1 Å². The predicted octanol–water partition coefficient (Wildman–Crippen LogP) is 2.01. The second-order valence-corrected chi connectivity index (χ2v) is 3.90. The van der Waals surface area contributed by atoms with Gasteiger partial charge in [-0.3, -0.25) is 4.79 Å². The van der Waals surface area contributed by atoms with Gasteiger partial charge in [0.05, 0.1) is 0 Å². The van der Waals surface area contributed by atoms with Crippen LogP contribution in [-0.2, 0) is 10.4 Å². The van der Waals surface area contributed by atoms with Crippen LogP contribution in [0.15, 0.2) is 48.5 Å². The maximum atomic E-state index is 11.1. The summed E-state index contributed by atoms with van der Waals surface area (Å²) in [4.78, 5) is 11.1. The van der Waals surface area contributed by atoms with Gasteiger partial charge >= 0.3 is 0 Å². The summed E-state index contributed by atoms with van der Waals surface area (Å²) in [6, 6.07) is 14.8. The smallest absolute Gasteiger partial charge is 0.242 e. The lowest BCUT2D eigenvalue weighted by Gasteiger charge is -2.16. The zero-order valence-corrected chi connectivity index (χ0v) is 8.47. The van der Waals surface area contributed by atoms with Crippen molar-refractivity contribution in [2.75, 3.05) is 0 Å². The summed E-state index contributed by atoms with van der Waals surface area (Å²) in [5.41, 5.74) is 1.44. The van der Waals surface area contributed by atoms with Gasteiger partial charge < -0.3 is 5.11 Å². The van der Waals surface area contributed by atoms with Crippen LogP contribution in [0.4, 0.5) is 0 Å². The first-order chi connectivity index (χ1) is 7.77. The van der Waals surface area contributed by atoms with E-state index in [1.54, 1.807) is 18.4 Å². The second kappa shape index (κ2) is 3.03. The Balaban J connectivity index is 2.43. The summed E-state index contributed by atoms with van der Waals surface area (Å²) in [5.74, 6) is 0. The summed E-state index contributed by atoms with van der Waals surface area (Å²) < 4.78 is 0. The number of fused-ring (bicyclic) bond motifs is 3. The van der Waals surface area contributed by atoms with E-state index in [1.807, 2.05) is 36.4 Å². The van der Waals surface area contributed by atoms with Gasteiger partial charge in [-0.15, -0.1) is 0 Å². The van der Waals surface area contributed by atoms with E-state index in [2.05, 4.69) is 0 Å². The van der Waals surface area contributed by atoms with E-state index < -0.39 is 5.60 Å². The molecule has 0 saturated heterocycles. The van der Waals surface area contributed by atoms with Crippen molar-refractivity contribution in [1.29, 1.82) is 0 Å². The molecule has 0 spiro atoms. The molecule has 1 aliphatic rings. The molecule has 0 atom stereocenters. The fourth-order valence-corrected chi connectivity index (χ4v) is 2.32. The molecule has 0 aliphatic heterocycles. The third-order valence-corrected chi connectivity index (χ3v) is 3.07. The van der Waals surface area contributed by atoms with Crippen LogP contribution in [0, 0.1) is 0 Å². The van der Waals surface area contributed by atoms with E-state index in [-0.39, 0.29) is 0 Å². The summed E-state index contributed by atoms with van der Waals surface area (Å²) in [6.07, 6.45) is 1.76. The number of hydrogen-bond donors (Lipinski definition) is 1. The Hall–Kier alpha value is -1.93. The minimum Gasteiger partial charge on any atom is -0.373 e. The quantitative estimate of drug-likeness (QED) is 0.780. The monoisotopic (exact) mass is 209 g/mol. The Labute approximate surface area is 93.2 Å². The highest BCUT2D eigenvalue weighted by atomic mass is 16.3. The molecule has 1 radical (unpaired) electrons. The molecule has 2 aromatic rings. The molecule has 0 unspecified atom stereocenters. The normalized spacial score (nSPS) is 15.3. The van der Waals surface area contributed by atoms with Gasteiger partial charge in [0.2, 0.25) is 6.29 Å². The largest absolute Gasteiger partial charge is 0.373 e. The molecule has 0 amide bonds. The molecular formula is C14H9O2. The van der Waals surface area contributed by atoms with Crippen molar-refractivity contribution < 1.29 is 9.90 Å². The molecule has 0 saturated carbocycles. The second-order valence-electron chi connectivity index (χ2n) is 3.90. The lowest BCUT2D eigenvalue weighted by atomic mass is 9.93. The van der Waals surface area contributed by atoms with Crippen molar-refractivity contribution >= 4 is 6.29 Å². The third kappa shape index (κ3) is 0.969. The van der Waals surface area contributed by atoms with Crippen LogP contribution >= 0.6 is 0 Å². The lowest BCUT2D eigenvalue weighted by Crippen LogP contribution is -2.25. The van der Waals surface area contributed by atoms with E-state index in [1.165, 1.54) is 0 Å². The number of carbonyl (C=O) groups excluding carboxylic acids is 1. The van der Waals surface area contributed by atoms with Crippen LogP contribution in [0.1, 0.15) is 11.1 Å². The first-order valence-corrected chi connectivity index (χ1v) is 5.08. The molecular weight excluding hydrogens is 200 g/mol. The van der Waals surface area contributed by atoms with Gasteiger partial charge in [0.25, 0.3) is 0 Å². The van der Waals surface area contributed by atoms with Gasteiger partial charge in [-0.05, 0) is 11.1 Å². The molecule has 1 aliphatic carbocycles. The zero-order chi connectivity index (χ0) is 11.2. The Kier molecular flexibility index (Phi) is 1.76. The Bertz CT molecular complexity index is 527.